The van der Waals surface area contributed by atoms with Crippen LogP contribution in [0.4, 0.5) is 11.4 Å². The Morgan fingerprint density at radius 2 is 1.87 bits per heavy atom. The van der Waals surface area contributed by atoms with Crippen molar-refractivity contribution in [1.29, 1.82) is 0 Å². The van der Waals surface area contributed by atoms with Crippen molar-refractivity contribution in [2.75, 3.05) is 5.32 Å². The van der Waals surface area contributed by atoms with E-state index in [1.807, 2.05) is 6.92 Å². The average molecular weight is 428 g/mol. The summed E-state index contributed by atoms with van der Waals surface area (Å²) >= 11 is 0. The van der Waals surface area contributed by atoms with Crippen molar-refractivity contribution in [3.8, 4) is 16.9 Å². The molecule has 0 aromatic heterocycles. The molecule has 8 heteroatoms. The van der Waals surface area contributed by atoms with Crippen LogP contribution in [0, 0.1) is 10.1 Å². The van der Waals surface area contributed by atoms with Crippen molar-refractivity contribution in [3.05, 3.63) is 52.1 Å². The topological polar surface area (TPSA) is 119 Å². The quantitative estimate of drug-likeness (QED) is 0.271. The van der Waals surface area contributed by atoms with Gasteiger partial charge >= 0.3 is 5.97 Å². The van der Waals surface area contributed by atoms with Gasteiger partial charge in [-0.1, -0.05) is 44.4 Å². The van der Waals surface area contributed by atoms with Crippen LogP contribution >= 0.6 is 0 Å². The second-order valence-corrected chi connectivity index (χ2v) is 7.43. The highest BCUT2D eigenvalue weighted by Gasteiger charge is 2.25. The summed E-state index contributed by atoms with van der Waals surface area (Å²) in [4.78, 5) is 34.6. The molecular weight excluding hydrogens is 400 g/mol. The number of benzene rings is 2. The van der Waals surface area contributed by atoms with E-state index in [-0.39, 0.29) is 45.8 Å². The highest BCUT2D eigenvalue weighted by molar-refractivity contribution is 5.99. The minimum absolute atomic E-state index is 0.0719. The lowest BCUT2D eigenvalue weighted by Crippen LogP contribution is -2.15. The average Bonchev–Trinajstić information content (AvgIpc) is 2.71. The highest BCUT2D eigenvalue weighted by atomic mass is 16.6. The SMILES string of the molecule is CCCCCC[C@H](C)Oc1cc([N+](=O)[O-])c(-c2ccccc2C(=O)O)cc1NC(C)=O. The zero-order chi connectivity index (χ0) is 23.0. The molecule has 0 fully saturated rings. The van der Waals surface area contributed by atoms with Gasteiger partial charge in [0, 0.05) is 12.5 Å². The lowest BCUT2D eigenvalue weighted by molar-refractivity contribution is -0.384. The van der Waals surface area contributed by atoms with Crippen LogP contribution in [0.5, 0.6) is 5.75 Å². The van der Waals surface area contributed by atoms with Crippen molar-refractivity contribution >= 4 is 23.3 Å². The second-order valence-electron chi connectivity index (χ2n) is 7.43. The summed E-state index contributed by atoms with van der Waals surface area (Å²) in [6.45, 7) is 5.33. The van der Waals surface area contributed by atoms with Gasteiger partial charge in [-0.25, -0.2) is 4.79 Å². The van der Waals surface area contributed by atoms with Crippen LogP contribution in [0.1, 0.15) is 63.2 Å². The third kappa shape index (κ3) is 6.53. The molecule has 0 saturated carbocycles. The minimum atomic E-state index is -1.20. The van der Waals surface area contributed by atoms with E-state index in [2.05, 4.69) is 12.2 Å². The lowest BCUT2D eigenvalue weighted by atomic mass is 9.97. The van der Waals surface area contributed by atoms with Crippen molar-refractivity contribution in [1.82, 2.24) is 0 Å². The Labute approximate surface area is 181 Å². The third-order valence-corrected chi connectivity index (χ3v) is 4.85. The van der Waals surface area contributed by atoms with Crippen LogP contribution in [0.2, 0.25) is 0 Å². The molecule has 8 nitrogen and oxygen atoms in total. The monoisotopic (exact) mass is 428 g/mol. The molecule has 2 rings (SSSR count). The number of hydrogen-bond acceptors (Lipinski definition) is 5. The first-order valence-electron chi connectivity index (χ1n) is 10.3. The zero-order valence-corrected chi connectivity index (χ0v) is 18.0. The van der Waals surface area contributed by atoms with Crippen LogP contribution < -0.4 is 10.1 Å². The van der Waals surface area contributed by atoms with E-state index >= 15 is 0 Å². The van der Waals surface area contributed by atoms with E-state index in [4.69, 9.17) is 4.74 Å². The first-order valence-corrected chi connectivity index (χ1v) is 10.3. The normalized spacial score (nSPS) is 11.6. The lowest BCUT2D eigenvalue weighted by Gasteiger charge is -2.19. The van der Waals surface area contributed by atoms with E-state index in [0.717, 1.165) is 32.1 Å². The highest BCUT2D eigenvalue weighted by Crippen LogP contribution is 2.40. The molecule has 1 amide bonds. The van der Waals surface area contributed by atoms with Crippen molar-refractivity contribution in [2.45, 2.75) is 59.0 Å². The van der Waals surface area contributed by atoms with Crippen molar-refractivity contribution in [3.63, 3.8) is 0 Å². The molecule has 1 atom stereocenters. The number of ether oxygens (including phenoxy) is 1. The van der Waals surface area contributed by atoms with Gasteiger partial charge in [-0.3, -0.25) is 14.9 Å². The number of amides is 1. The third-order valence-electron chi connectivity index (χ3n) is 4.85. The van der Waals surface area contributed by atoms with E-state index in [9.17, 15) is 24.8 Å². The molecule has 0 bridgehead atoms. The maximum atomic E-state index is 11.8. The molecule has 0 saturated heterocycles. The molecule has 0 spiro atoms. The number of nitro benzene ring substituents is 1. The summed E-state index contributed by atoms with van der Waals surface area (Å²) in [5, 5.41) is 24.0. The van der Waals surface area contributed by atoms with Gasteiger partial charge in [0.1, 0.15) is 5.75 Å². The number of nitrogens with one attached hydrogen (secondary N) is 1. The number of nitrogens with zero attached hydrogens (tertiary/aromatic N) is 1. The number of rotatable bonds is 11. The summed E-state index contributed by atoms with van der Waals surface area (Å²) in [6, 6.07) is 8.68. The smallest absolute Gasteiger partial charge is 0.336 e. The predicted octanol–water partition coefficient (Wildman–Crippen LogP) is 5.66. The molecule has 31 heavy (non-hydrogen) atoms. The molecule has 0 aliphatic rings. The fraction of sp³-hybridized carbons (Fsp3) is 0.391. The Hall–Kier alpha value is -3.42. The molecule has 0 heterocycles. The van der Waals surface area contributed by atoms with Gasteiger partial charge in [0.15, 0.2) is 0 Å². The Kier molecular flexibility index (Phi) is 8.54. The van der Waals surface area contributed by atoms with Crippen LogP contribution in [0.15, 0.2) is 36.4 Å². The van der Waals surface area contributed by atoms with Gasteiger partial charge < -0.3 is 15.2 Å². The number of carboxylic acids is 1. The fourth-order valence-corrected chi connectivity index (χ4v) is 3.36. The van der Waals surface area contributed by atoms with E-state index in [0.29, 0.717) is 0 Å². The maximum Gasteiger partial charge on any atom is 0.336 e. The fourth-order valence-electron chi connectivity index (χ4n) is 3.36. The summed E-state index contributed by atoms with van der Waals surface area (Å²) in [5.41, 5.74) is 0.171. The molecule has 0 aliphatic carbocycles. The number of anilines is 1. The maximum absolute atomic E-state index is 11.8. The van der Waals surface area contributed by atoms with Crippen LogP contribution in [-0.2, 0) is 4.79 Å². The first kappa shape index (κ1) is 23.9. The molecule has 2 N–H and O–H groups in total. The number of carbonyl (C=O) groups is 2. The van der Waals surface area contributed by atoms with Gasteiger partial charge in [-0.05, 0) is 31.9 Å². The van der Waals surface area contributed by atoms with Crippen LogP contribution in [0.3, 0.4) is 0 Å². The summed E-state index contributed by atoms with van der Waals surface area (Å²) < 4.78 is 5.95. The Morgan fingerprint density at radius 3 is 2.48 bits per heavy atom. The van der Waals surface area contributed by atoms with Gasteiger partial charge in [-0.2, -0.15) is 0 Å². The van der Waals surface area contributed by atoms with Gasteiger partial charge in [0.2, 0.25) is 5.91 Å². The van der Waals surface area contributed by atoms with Crippen molar-refractivity contribution in [2.24, 2.45) is 0 Å². The van der Waals surface area contributed by atoms with Crippen LogP contribution in [-0.4, -0.2) is 28.0 Å². The second kappa shape index (κ2) is 11.1. The molecule has 0 aliphatic heterocycles. The molecule has 166 valence electrons. The van der Waals surface area contributed by atoms with E-state index in [1.165, 1.54) is 31.2 Å². The van der Waals surface area contributed by atoms with Gasteiger partial charge in [0.25, 0.3) is 5.69 Å². The Morgan fingerprint density at radius 1 is 1.16 bits per heavy atom. The van der Waals surface area contributed by atoms with E-state index < -0.39 is 10.9 Å². The number of nitro groups is 1. The minimum Gasteiger partial charge on any atom is -0.488 e. The number of hydrogen-bond donors (Lipinski definition) is 2. The molecule has 0 radical (unpaired) electrons. The Balaban J connectivity index is 2.51. The zero-order valence-electron chi connectivity index (χ0n) is 18.0. The number of unbranched alkanes of at least 4 members (excludes halogenated alkanes) is 3. The van der Waals surface area contributed by atoms with Crippen LogP contribution in [0.25, 0.3) is 11.1 Å². The standard InChI is InChI=1S/C23H28N2O6/c1-4-5-6-7-10-15(2)31-22-14-21(25(29)30)19(13-20(22)24-16(3)26)17-11-8-9-12-18(17)23(27)28/h8-9,11-15H,4-7,10H2,1-3H3,(H,24,26)(H,27,28)/t15-/m0/s1. The molecule has 0 unspecified atom stereocenters. The molecular formula is C23H28N2O6. The van der Waals surface area contributed by atoms with E-state index in [1.54, 1.807) is 12.1 Å². The largest absolute Gasteiger partial charge is 0.488 e. The predicted molar refractivity (Wildman–Crippen MR) is 119 cm³/mol. The number of aromatic carboxylic acids is 1. The summed E-state index contributed by atoms with van der Waals surface area (Å²) in [6.07, 6.45) is 4.86. The first-order chi connectivity index (χ1) is 14.7. The molecule has 2 aromatic rings. The van der Waals surface area contributed by atoms with Gasteiger partial charge in [0.05, 0.1) is 33.9 Å². The molecule has 2 aromatic carbocycles. The number of carboxylic acid groups (broad SMARTS) is 1. The Bertz CT molecular complexity index is 957. The summed E-state index contributed by atoms with van der Waals surface area (Å²) in [5.74, 6) is -1.39. The van der Waals surface area contributed by atoms with Crippen molar-refractivity contribution < 1.29 is 24.4 Å². The summed E-state index contributed by atoms with van der Waals surface area (Å²) in [7, 11) is 0. The number of carbonyl (C=O) groups excluding carboxylic acids is 1. The van der Waals surface area contributed by atoms with Gasteiger partial charge in [-0.15, -0.1) is 0 Å².